The summed E-state index contributed by atoms with van der Waals surface area (Å²) in [5, 5.41) is 15.8. The molecule has 0 atom stereocenters. The fourth-order valence-electron chi connectivity index (χ4n) is 4.44. The van der Waals surface area contributed by atoms with Crippen LogP contribution in [-0.2, 0) is 25.3 Å². The largest absolute Gasteiger partial charge is 0.465 e. The van der Waals surface area contributed by atoms with Gasteiger partial charge in [-0.15, -0.1) is 0 Å². The first-order valence-electron chi connectivity index (χ1n) is 10.5. The lowest BCUT2D eigenvalue weighted by molar-refractivity contribution is -0.143. The van der Waals surface area contributed by atoms with Crippen molar-refractivity contribution in [2.75, 3.05) is 19.6 Å². The molecule has 3 heterocycles. The number of carbonyl (C=O) groups excluding carboxylic acids is 1. The van der Waals surface area contributed by atoms with E-state index in [1.165, 1.54) is 9.80 Å². The van der Waals surface area contributed by atoms with E-state index >= 15 is 0 Å². The molecule has 184 valence electrons. The second-order valence-corrected chi connectivity index (χ2v) is 8.39. The van der Waals surface area contributed by atoms with E-state index in [4.69, 9.17) is 5.11 Å². The van der Waals surface area contributed by atoms with Gasteiger partial charge in [0.25, 0.3) is 5.91 Å². The molecule has 0 aliphatic carbocycles. The zero-order valence-corrected chi connectivity index (χ0v) is 17.6. The topological polar surface area (TPSA) is 89.5 Å². The molecule has 1 aromatic carbocycles. The summed E-state index contributed by atoms with van der Waals surface area (Å²) < 4.78 is 79.0. The number of piperidine rings is 1. The van der Waals surface area contributed by atoms with E-state index < -0.39 is 41.4 Å². The van der Waals surface area contributed by atoms with Crippen molar-refractivity contribution < 1.29 is 41.0 Å². The summed E-state index contributed by atoms with van der Waals surface area (Å²) in [7, 11) is 0. The van der Waals surface area contributed by atoms with Crippen molar-refractivity contribution in [3.63, 3.8) is 0 Å². The highest BCUT2D eigenvalue weighted by Gasteiger charge is 2.38. The molecule has 0 radical (unpaired) electrons. The van der Waals surface area contributed by atoms with Crippen LogP contribution in [0.2, 0.25) is 0 Å². The Morgan fingerprint density at radius 2 is 1.53 bits per heavy atom. The Morgan fingerprint density at radius 1 is 0.941 bits per heavy atom. The fraction of sp³-hybridized carbons (Fsp3) is 0.476. The Morgan fingerprint density at radius 3 is 2.06 bits per heavy atom. The molecule has 0 bridgehead atoms. The fourth-order valence-corrected chi connectivity index (χ4v) is 4.44. The number of hydrogen-bond donors (Lipinski definition) is 2. The van der Waals surface area contributed by atoms with Crippen LogP contribution in [0.3, 0.4) is 0 Å². The van der Waals surface area contributed by atoms with Gasteiger partial charge in [-0.05, 0) is 48.9 Å². The maximum Gasteiger partial charge on any atom is 0.416 e. The standard InChI is InChI=1S/C21H20F6N4O3/c22-20(23,24)13-7-12(8-14(9-13)21(25,26)27)11-1-4-30(5-2-11)18(32)17-15-3-6-31(19(33)34)10-16(15)28-29-17/h7-9,11H,1-6,10H2,(H,28,29)(H,33,34). The molecule has 2 aliphatic heterocycles. The Labute approximate surface area is 189 Å². The monoisotopic (exact) mass is 490 g/mol. The van der Waals surface area contributed by atoms with Crippen LogP contribution < -0.4 is 0 Å². The Kier molecular flexibility index (Phi) is 5.98. The predicted octanol–water partition coefficient (Wildman–Crippen LogP) is 4.50. The van der Waals surface area contributed by atoms with E-state index in [9.17, 15) is 35.9 Å². The van der Waals surface area contributed by atoms with Crippen LogP contribution in [0, 0.1) is 0 Å². The van der Waals surface area contributed by atoms with Gasteiger partial charge in [-0.3, -0.25) is 9.89 Å². The number of aromatic nitrogens is 2. The van der Waals surface area contributed by atoms with Crippen LogP contribution in [0.25, 0.3) is 0 Å². The number of H-pyrrole nitrogens is 1. The van der Waals surface area contributed by atoms with Gasteiger partial charge in [0, 0.05) is 25.2 Å². The van der Waals surface area contributed by atoms with Gasteiger partial charge in [0.05, 0.1) is 23.4 Å². The van der Waals surface area contributed by atoms with E-state index in [2.05, 4.69) is 10.2 Å². The van der Waals surface area contributed by atoms with Crippen LogP contribution in [0.4, 0.5) is 31.1 Å². The van der Waals surface area contributed by atoms with Crippen molar-refractivity contribution in [2.24, 2.45) is 0 Å². The number of fused-ring (bicyclic) bond motifs is 1. The summed E-state index contributed by atoms with van der Waals surface area (Å²) in [4.78, 5) is 26.8. The number of benzene rings is 1. The third kappa shape index (κ3) is 4.68. The highest BCUT2D eigenvalue weighted by Crippen LogP contribution is 2.39. The molecule has 1 fully saturated rings. The third-order valence-corrected chi connectivity index (χ3v) is 6.27. The summed E-state index contributed by atoms with van der Waals surface area (Å²) in [5.41, 5.74) is -1.45. The smallest absolute Gasteiger partial charge is 0.416 e. The summed E-state index contributed by atoms with van der Waals surface area (Å²) >= 11 is 0. The molecule has 34 heavy (non-hydrogen) atoms. The zero-order valence-electron chi connectivity index (χ0n) is 17.6. The van der Waals surface area contributed by atoms with Gasteiger partial charge >= 0.3 is 18.4 Å². The summed E-state index contributed by atoms with van der Waals surface area (Å²) in [6.07, 6.45) is -10.2. The highest BCUT2D eigenvalue weighted by molar-refractivity contribution is 5.94. The molecule has 7 nitrogen and oxygen atoms in total. The normalized spacial score (nSPS) is 17.6. The van der Waals surface area contributed by atoms with E-state index in [1.807, 2.05) is 0 Å². The van der Waals surface area contributed by atoms with E-state index in [1.54, 1.807) is 0 Å². The summed E-state index contributed by atoms with van der Waals surface area (Å²) in [6.45, 7) is 0.569. The first-order valence-corrected chi connectivity index (χ1v) is 10.5. The Bertz CT molecular complexity index is 1070. The van der Waals surface area contributed by atoms with Crippen LogP contribution in [0.15, 0.2) is 18.2 Å². The lowest BCUT2D eigenvalue weighted by Crippen LogP contribution is -2.39. The molecular weight excluding hydrogens is 470 g/mol. The van der Waals surface area contributed by atoms with Crippen molar-refractivity contribution >= 4 is 12.0 Å². The van der Waals surface area contributed by atoms with E-state index in [0.717, 1.165) is 12.1 Å². The SMILES string of the molecule is O=C(O)N1CCc2c(C(=O)N3CCC(c4cc(C(F)(F)F)cc(C(F)(F)F)c4)CC3)n[nH]c2C1. The first kappa shape index (κ1) is 23.9. The molecule has 4 rings (SSSR count). The molecule has 13 heteroatoms. The minimum absolute atomic E-state index is 0.0554. The lowest BCUT2D eigenvalue weighted by atomic mass is 9.87. The molecule has 1 saturated heterocycles. The number of amides is 2. The average molecular weight is 490 g/mol. The molecule has 0 saturated carbocycles. The molecular formula is C21H20F6N4O3. The van der Waals surface area contributed by atoms with Crippen molar-refractivity contribution in [1.82, 2.24) is 20.0 Å². The number of aromatic amines is 1. The van der Waals surface area contributed by atoms with Gasteiger partial charge in [-0.25, -0.2) is 4.79 Å². The Hall–Kier alpha value is -3.25. The average Bonchev–Trinajstić information content (AvgIpc) is 3.20. The van der Waals surface area contributed by atoms with E-state index in [0.29, 0.717) is 17.7 Å². The molecule has 2 N–H and O–H groups in total. The molecule has 0 spiro atoms. The second kappa shape index (κ2) is 8.51. The summed E-state index contributed by atoms with van der Waals surface area (Å²) in [6, 6.07) is 1.60. The highest BCUT2D eigenvalue weighted by atomic mass is 19.4. The molecule has 2 aliphatic rings. The Balaban J connectivity index is 1.48. The quantitative estimate of drug-likeness (QED) is 0.607. The van der Waals surface area contributed by atoms with Gasteiger partial charge in [-0.1, -0.05) is 0 Å². The van der Waals surface area contributed by atoms with Gasteiger partial charge in [0.2, 0.25) is 0 Å². The maximum atomic E-state index is 13.2. The number of alkyl halides is 6. The van der Waals surface area contributed by atoms with Crippen molar-refractivity contribution in [1.29, 1.82) is 0 Å². The summed E-state index contributed by atoms with van der Waals surface area (Å²) in [5.74, 6) is -0.968. The van der Waals surface area contributed by atoms with Gasteiger partial charge in [-0.2, -0.15) is 31.4 Å². The van der Waals surface area contributed by atoms with Gasteiger partial charge in [0.1, 0.15) is 0 Å². The third-order valence-electron chi connectivity index (χ3n) is 6.27. The zero-order chi connectivity index (χ0) is 24.8. The second-order valence-electron chi connectivity index (χ2n) is 8.39. The van der Waals surface area contributed by atoms with Crippen molar-refractivity contribution in [3.05, 3.63) is 51.8 Å². The van der Waals surface area contributed by atoms with Crippen LogP contribution >= 0.6 is 0 Å². The van der Waals surface area contributed by atoms with Gasteiger partial charge < -0.3 is 14.9 Å². The van der Waals surface area contributed by atoms with Crippen molar-refractivity contribution in [3.8, 4) is 0 Å². The first-order chi connectivity index (χ1) is 15.8. The minimum Gasteiger partial charge on any atom is -0.465 e. The maximum absolute atomic E-state index is 13.2. The molecule has 2 aromatic rings. The number of nitrogens with one attached hydrogen (secondary N) is 1. The number of halogens is 6. The van der Waals surface area contributed by atoms with Crippen LogP contribution in [0.5, 0.6) is 0 Å². The van der Waals surface area contributed by atoms with Crippen LogP contribution in [0.1, 0.15) is 57.2 Å². The number of rotatable bonds is 2. The number of carboxylic acid groups (broad SMARTS) is 1. The molecule has 0 unspecified atom stereocenters. The van der Waals surface area contributed by atoms with E-state index in [-0.39, 0.29) is 56.3 Å². The van der Waals surface area contributed by atoms with Crippen LogP contribution in [-0.4, -0.2) is 56.7 Å². The number of likely N-dealkylation sites (tertiary alicyclic amines) is 1. The lowest BCUT2D eigenvalue weighted by Gasteiger charge is -2.33. The number of nitrogens with zero attached hydrogens (tertiary/aromatic N) is 3. The number of hydrogen-bond acceptors (Lipinski definition) is 3. The number of carbonyl (C=O) groups is 2. The molecule has 1 aromatic heterocycles. The van der Waals surface area contributed by atoms with Crippen molar-refractivity contribution in [2.45, 2.75) is 44.1 Å². The van der Waals surface area contributed by atoms with Gasteiger partial charge in [0.15, 0.2) is 5.69 Å². The predicted molar refractivity (Wildman–Crippen MR) is 105 cm³/mol. The molecule has 2 amide bonds. The minimum atomic E-state index is -4.91.